The van der Waals surface area contributed by atoms with Crippen LogP contribution in [0.1, 0.15) is 96.8 Å². The number of carboxylic acid groups (broad SMARTS) is 2. The topological polar surface area (TPSA) is 74.6 Å². The molecule has 25 heavy (non-hydrogen) atoms. The Labute approximate surface area is 183 Å². The average molecular weight is 381 g/mol. The summed E-state index contributed by atoms with van der Waals surface area (Å²) in [5.74, 6) is -2.89. The molecule has 0 aromatic heterocycles. The van der Waals surface area contributed by atoms with Crippen molar-refractivity contribution in [2.24, 2.45) is 5.92 Å². The Kier molecular flexibility index (Phi) is 22.0. The standard InChI is InChI=1S/C20H36O4.Ca/c1-2-3-4-5-6-7-8-9-10-11-12-13-14-15-16-18(20(23)24)17-19(21)22;/h14-15,18H,2-13,16-17H2,1H3,(H,21,22)(H,23,24);. The van der Waals surface area contributed by atoms with E-state index < -0.39 is 17.9 Å². The van der Waals surface area contributed by atoms with Gasteiger partial charge in [0.1, 0.15) is 0 Å². The maximum atomic E-state index is 10.9. The number of unbranched alkanes of at least 4 members (excludes halogenated alkanes) is 11. The third-order valence-electron chi connectivity index (χ3n) is 4.33. The van der Waals surface area contributed by atoms with Crippen LogP contribution in [-0.2, 0) is 9.59 Å². The van der Waals surface area contributed by atoms with Gasteiger partial charge in [0.15, 0.2) is 0 Å². The predicted octanol–water partition coefficient (Wildman–Crippen LogP) is 5.43. The van der Waals surface area contributed by atoms with E-state index in [1.165, 1.54) is 64.2 Å². The van der Waals surface area contributed by atoms with Crippen molar-refractivity contribution < 1.29 is 19.8 Å². The van der Waals surface area contributed by atoms with Gasteiger partial charge in [-0.1, -0.05) is 83.3 Å². The molecule has 2 N–H and O–H groups in total. The van der Waals surface area contributed by atoms with Gasteiger partial charge in [0.05, 0.1) is 12.3 Å². The molecule has 0 amide bonds. The average Bonchev–Trinajstić information content (AvgIpc) is 2.53. The molecule has 0 saturated carbocycles. The molecule has 1 atom stereocenters. The molecule has 0 heterocycles. The van der Waals surface area contributed by atoms with Crippen molar-refractivity contribution in [3.63, 3.8) is 0 Å². The first-order valence-electron chi connectivity index (χ1n) is 9.67. The normalized spacial score (nSPS) is 12.0. The van der Waals surface area contributed by atoms with Crippen LogP contribution in [0, 0.1) is 5.92 Å². The summed E-state index contributed by atoms with van der Waals surface area (Å²) in [5.41, 5.74) is 0. The number of hydrogen-bond acceptors (Lipinski definition) is 2. The van der Waals surface area contributed by atoms with E-state index in [9.17, 15) is 9.59 Å². The SMILES string of the molecule is CCCCCCCCCCCCCC=CCC(CC(=O)O)C(=O)O.[Ca]. The van der Waals surface area contributed by atoms with Crippen molar-refractivity contribution in [3.8, 4) is 0 Å². The van der Waals surface area contributed by atoms with Gasteiger partial charge in [0, 0.05) is 37.7 Å². The van der Waals surface area contributed by atoms with Gasteiger partial charge in [-0.05, 0) is 19.3 Å². The third-order valence-corrected chi connectivity index (χ3v) is 4.33. The molecule has 0 spiro atoms. The summed E-state index contributed by atoms with van der Waals surface area (Å²) in [4.78, 5) is 21.5. The number of hydrogen-bond donors (Lipinski definition) is 2. The van der Waals surface area contributed by atoms with Crippen molar-refractivity contribution >= 4 is 49.7 Å². The molecule has 0 rings (SSSR count). The Morgan fingerprint density at radius 2 is 1.28 bits per heavy atom. The first kappa shape index (κ1) is 27.2. The van der Waals surface area contributed by atoms with Crippen molar-refractivity contribution in [3.05, 3.63) is 12.2 Å². The fourth-order valence-corrected chi connectivity index (χ4v) is 2.79. The molecule has 0 aromatic rings. The molecule has 0 saturated heterocycles. The second kappa shape index (κ2) is 20.3. The Morgan fingerprint density at radius 3 is 1.72 bits per heavy atom. The van der Waals surface area contributed by atoms with Crippen LogP contribution >= 0.6 is 0 Å². The number of allylic oxidation sites excluding steroid dienone is 2. The van der Waals surface area contributed by atoms with Crippen LogP contribution in [0.15, 0.2) is 12.2 Å². The van der Waals surface area contributed by atoms with Crippen molar-refractivity contribution in [2.75, 3.05) is 0 Å². The summed E-state index contributed by atoms with van der Waals surface area (Å²) in [6.07, 6.45) is 19.2. The monoisotopic (exact) mass is 380 g/mol. The van der Waals surface area contributed by atoms with E-state index in [1.54, 1.807) is 0 Å². The second-order valence-corrected chi connectivity index (χ2v) is 6.66. The van der Waals surface area contributed by atoms with E-state index in [1.807, 2.05) is 12.2 Å². The van der Waals surface area contributed by atoms with Gasteiger partial charge >= 0.3 is 11.9 Å². The molecule has 5 heteroatoms. The van der Waals surface area contributed by atoms with Gasteiger partial charge < -0.3 is 10.2 Å². The van der Waals surface area contributed by atoms with Gasteiger partial charge in [0.25, 0.3) is 0 Å². The van der Waals surface area contributed by atoms with E-state index in [2.05, 4.69) is 6.92 Å². The third kappa shape index (κ3) is 20.1. The molecule has 2 radical (unpaired) electrons. The minimum Gasteiger partial charge on any atom is -0.481 e. The Hall–Kier alpha value is -0.0603. The van der Waals surface area contributed by atoms with Crippen LogP contribution in [0.5, 0.6) is 0 Å². The van der Waals surface area contributed by atoms with Crippen LogP contribution in [-0.4, -0.2) is 59.9 Å². The maximum Gasteiger partial charge on any atom is 0.307 e. The van der Waals surface area contributed by atoms with E-state index in [4.69, 9.17) is 10.2 Å². The van der Waals surface area contributed by atoms with E-state index in [-0.39, 0.29) is 44.2 Å². The zero-order valence-corrected chi connectivity index (χ0v) is 18.3. The summed E-state index contributed by atoms with van der Waals surface area (Å²) in [5, 5.41) is 17.6. The summed E-state index contributed by atoms with van der Waals surface area (Å²) in [6, 6.07) is 0. The zero-order chi connectivity index (χ0) is 18.0. The number of aliphatic carboxylic acids is 2. The first-order chi connectivity index (χ1) is 11.6. The molecule has 0 aliphatic rings. The van der Waals surface area contributed by atoms with Crippen molar-refractivity contribution in [2.45, 2.75) is 96.8 Å². The van der Waals surface area contributed by atoms with Crippen molar-refractivity contribution in [1.29, 1.82) is 0 Å². The molecular formula is C20H36CaO4. The number of carboxylic acids is 2. The van der Waals surface area contributed by atoms with Crippen molar-refractivity contribution in [1.82, 2.24) is 0 Å². The summed E-state index contributed by atoms with van der Waals surface area (Å²) < 4.78 is 0. The van der Waals surface area contributed by atoms with E-state index in [0.717, 1.165) is 12.8 Å². The Bertz CT molecular complexity index is 356. The van der Waals surface area contributed by atoms with Crippen LogP contribution in [0.3, 0.4) is 0 Å². The molecule has 0 fully saturated rings. The van der Waals surface area contributed by atoms with Gasteiger partial charge in [-0.3, -0.25) is 9.59 Å². The van der Waals surface area contributed by atoms with Crippen LogP contribution in [0.25, 0.3) is 0 Å². The summed E-state index contributed by atoms with van der Waals surface area (Å²) in [6.45, 7) is 2.25. The molecule has 0 aliphatic heterocycles. The quantitative estimate of drug-likeness (QED) is 0.200. The van der Waals surface area contributed by atoms with Gasteiger partial charge in [-0.25, -0.2) is 0 Å². The van der Waals surface area contributed by atoms with Gasteiger partial charge in [-0.15, -0.1) is 0 Å². The second-order valence-electron chi connectivity index (χ2n) is 6.66. The molecule has 142 valence electrons. The first-order valence-corrected chi connectivity index (χ1v) is 9.67. The smallest absolute Gasteiger partial charge is 0.307 e. The van der Waals surface area contributed by atoms with Gasteiger partial charge in [-0.2, -0.15) is 0 Å². The van der Waals surface area contributed by atoms with Crippen LogP contribution < -0.4 is 0 Å². The molecule has 0 bridgehead atoms. The Balaban J connectivity index is 0. The Morgan fingerprint density at radius 1 is 0.800 bits per heavy atom. The largest absolute Gasteiger partial charge is 0.481 e. The molecule has 1 unspecified atom stereocenters. The molecular weight excluding hydrogens is 344 g/mol. The fourth-order valence-electron chi connectivity index (χ4n) is 2.79. The summed E-state index contributed by atoms with van der Waals surface area (Å²) >= 11 is 0. The predicted molar refractivity (Wildman–Crippen MR) is 104 cm³/mol. The number of carbonyl (C=O) groups is 2. The minimum atomic E-state index is -1.05. The van der Waals surface area contributed by atoms with Crippen LogP contribution in [0.2, 0.25) is 0 Å². The molecule has 0 aromatic carbocycles. The van der Waals surface area contributed by atoms with E-state index in [0.29, 0.717) is 6.42 Å². The fraction of sp³-hybridized carbons (Fsp3) is 0.800. The molecule has 0 aliphatic carbocycles. The minimum absolute atomic E-state index is 0. The molecule has 4 nitrogen and oxygen atoms in total. The maximum absolute atomic E-state index is 10.9. The zero-order valence-electron chi connectivity index (χ0n) is 16.0. The van der Waals surface area contributed by atoms with E-state index >= 15 is 0 Å². The number of rotatable bonds is 17. The van der Waals surface area contributed by atoms with Gasteiger partial charge in [0.2, 0.25) is 0 Å². The summed E-state index contributed by atoms with van der Waals surface area (Å²) in [7, 11) is 0. The van der Waals surface area contributed by atoms with Crippen LogP contribution in [0.4, 0.5) is 0 Å².